The second-order valence-electron chi connectivity index (χ2n) is 5.30. The van der Waals surface area contributed by atoms with Gasteiger partial charge in [-0.2, -0.15) is 0 Å². The zero-order chi connectivity index (χ0) is 17.2. The first-order valence-electron chi connectivity index (χ1n) is 7.67. The Labute approximate surface area is 171 Å². The van der Waals surface area contributed by atoms with Gasteiger partial charge in [-0.05, 0) is 24.6 Å². The van der Waals surface area contributed by atoms with E-state index in [0.29, 0.717) is 35.6 Å². The number of guanidine groups is 1. The SMILES string of the molecule is CCNC(=NCc1ccc(Cl)cc1Cl)NCCNC(=O)C(C)C.I. The highest BCUT2D eigenvalue weighted by Gasteiger charge is 2.05. The second-order valence-corrected chi connectivity index (χ2v) is 6.15. The predicted molar refractivity (Wildman–Crippen MR) is 113 cm³/mol. The van der Waals surface area contributed by atoms with E-state index in [2.05, 4.69) is 20.9 Å². The highest BCUT2D eigenvalue weighted by atomic mass is 127. The molecule has 1 aromatic rings. The summed E-state index contributed by atoms with van der Waals surface area (Å²) in [5, 5.41) is 10.4. The summed E-state index contributed by atoms with van der Waals surface area (Å²) >= 11 is 12.0. The van der Waals surface area contributed by atoms with Crippen molar-refractivity contribution in [3.63, 3.8) is 0 Å². The van der Waals surface area contributed by atoms with Crippen molar-refractivity contribution in [2.24, 2.45) is 10.9 Å². The summed E-state index contributed by atoms with van der Waals surface area (Å²) in [5.41, 5.74) is 0.904. The normalized spacial score (nSPS) is 11.0. The third kappa shape index (κ3) is 8.94. The van der Waals surface area contributed by atoms with Crippen LogP contribution in [0.4, 0.5) is 0 Å². The Balaban J connectivity index is 0.00000529. The molecule has 0 aromatic heterocycles. The first kappa shape index (κ1) is 23.3. The summed E-state index contributed by atoms with van der Waals surface area (Å²) in [7, 11) is 0. The minimum absolute atomic E-state index is 0. The minimum Gasteiger partial charge on any atom is -0.357 e. The highest BCUT2D eigenvalue weighted by molar-refractivity contribution is 14.0. The number of aliphatic imine (C=N–C) groups is 1. The highest BCUT2D eigenvalue weighted by Crippen LogP contribution is 2.21. The van der Waals surface area contributed by atoms with Gasteiger partial charge in [-0.3, -0.25) is 4.79 Å². The molecule has 0 fully saturated rings. The molecule has 0 aliphatic carbocycles. The van der Waals surface area contributed by atoms with Crippen LogP contribution in [-0.2, 0) is 11.3 Å². The molecule has 5 nitrogen and oxygen atoms in total. The van der Waals surface area contributed by atoms with E-state index in [9.17, 15) is 4.79 Å². The van der Waals surface area contributed by atoms with Crippen LogP contribution in [0.5, 0.6) is 0 Å². The molecule has 1 aromatic carbocycles. The Bertz CT molecular complexity index is 553. The van der Waals surface area contributed by atoms with Gasteiger partial charge in [0.05, 0.1) is 6.54 Å². The molecule has 0 bridgehead atoms. The Morgan fingerprint density at radius 2 is 1.83 bits per heavy atom. The first-order chi connectivity index (χ1) is 10.9. The lowest BCUT2D eigenvalue weighted by Gasteiger charge is -2.13. The molecule has 1 rings (SSSR count). The van der Waals surface area contributed by atoms with Crippen molar-refractivity contribution in [1.82, 2.24) is 16.0 Å². The number of hydrogen-bond donors (Lipinski definition) is 3. The van der Waals surface area contributed by atoms with Crippen LogP contribution in [0, 0.1) is 5.92 Å². The van der Waals surface area contributed by atoms with Crippen molar-refractivity contribution in [2.45, 2.75) is 27.3 Å². The smallest absolute Gasteiger partial charge is 0.222 e. The van der Waals surface area contributed by atoms with Crippen molar-refractivity contribution in [3.8, 4) is 0 Å². The molecule has 0 aliphatic rings. The molecule has 0 atom stereocenters. The molecule has 0 saturated heterocycles. The molecule has 136 valence electrons. The van der Waals surface area contributed by atoms with E-state index in [1.807, 2.05) is 26.8 Å². The van der Waals surface area contributed by atoms with Crippen LogP contribution in [-0.4, -0.2) is 31.5 Å². The fraction of sp³-hybridized carbons (Fsp3) is 0.500. The third-order valence-corrected chi connectivity index (χ3v) is 3.59. The largest absolute Gasteiger partial charge is 0.357 e. The number of carbonyl (C=O) groups is 1. The van der Waals surface area contributed by atoms with Crippen LogP contribution in [0.1, 0.15) is 26.3 Å². The summed E-state index contributed by atoms with van der Waals surface area (Å²) in [4.78, 5) is 16.0. The first-order valence-corrected chi connectivity index (χ1v) is 8.43. The Morgan fingerprint density at radius 1 is 1.17 bits per heavy atom. The number of hydrogen-bond acceptors (Lipinski definition) is 2. The lowest BCUT2D eigenvalue weighted by atomic mass is 10.2. The number of benzene rings is 1. The summed E-state index contributed by atoms with van der Waals surface area (Å²) < 4.78 is 0. The number of rotatable bonds is 7. The average molecular weight is 487 g/mol. The molecule has 0 unspecified atom stereocenters. The van der Waals surface area contributed by atoms with Crippen molar-refractivity contribution in [2.75, 3.05) is 19.6 Å². The van der Waals surface area contributed by atoms with Crippen molar-refractivity contribution >= 4 is 59.0 Å². The number of nitrogens with zero attached hydrogens (tertiary/aromatic N) is 1. The molecule has 3 N–H and O–H groups in total. The quantitative estimate of drug-likeness (QED) is 0.239. The van der Waals surface area contributed by atoms with Gasteiger partial charge in [0, 0.05) is 35.6 Å². The standard InChI is InChI=1S/C16H24Cl2N4O.HI/c1-4-19-16(21-8-7-20-15(23)11(2)3)22-10-12-5-6-13(17)9-14(12)18;/h5-6,9,11H,4,7-8,10H2,1-3H3,(H,20,23)(H2,19,21,22);1H. The van der Waals surface area contributed by atoms with Gasteiger partial charge in [-0.25, -0.2) is 4.99 Å². The molecule has 0 saturated carbocycles. The summed E-state index contributed by atoms with van der Waals surface area (Å²) in [6, 6.07) is 5.36. The average Bonchev–Trinajstić information content (AvgIpc) is 2.49. The molecule has 0 radical (unpaired) electrons. The van der Waals surface area contributed by atoms with Crippen molar-refractivity contribution in [1.29, 1.82) is 0 Å². The molecular weight excluding hydrogens is 462 g/mol. The fourth-order valence-corrected chi connectivity index (χ4v) is 2.19. The van der Waals surface area contributed by atoms with E-state index in [1.54, 1.807) is 12.1 Å². The van der Waals surface area contributed by atoms with E-state index in [1.165, 1.54) is 0 Å². The van der Waals surface area contributed by atoms with Gasteiger partial charge in [0.25, 0.3) is 0 Å². The summed E-state index contributed by atoms with van der Waals surface area (Å²) in [5.74, 6) is 0.711. The van der Waals surface area contributed by atoms with Crippen LogP contribution in [0.3, 0.4) is 0 Å². The van der Waals surface area contributed by atoms with Crippen LogP contribution < -0.4 is 16.0 Å². The second kappa shape index (κ2) is 12.6. The van der Waals surface area contributed by atoms with Gasteiger partial charge >= 0.3 is 0 Å². The Kier molecular flexibility index (Phi) is 12.2. The van der Waals surface area contributed by atoms with E-state index in [-0.39, 0.29) is 35.8 Å². The van der Waals surface area contributed by atoms with Crippen LogP contribution >= 0.6 is 47.2 Å². The maximum absolute atomic E-state index is 11.5. The number of carbonyl (C=O) groups excluding carboxylic acids is 1. The van der Waals surface area contributed by atoms with E-state index >= 15 is 0 Å². The van der Waals surface area contributed by atoms with Gasteiger partial charge in [-0.1, -0.05) is 43.1 Å². The molecule has 1 amide bonds. The lowest BCUT2D eigenvalue weighted by molar-refractivity contribution is -0.123. The van der Waals surface area contributed by atoms with E-state index in [4.69, 9.17) is 23.2 Å². The molecule has 0 aliphatic heterocycles. The third-order valence-electron chi connectivity index (χ3n) is 3.01. The molecule has 8 heteroatoms. The Hall–Kier alpha value is -0.730. The van der Waals surface area contributed by atoms with Gasteiger partial charge in [0.2, 0.25) is 5.91 Å². The van der Waals surface area contributed by atoms with Crippen molar-refractivity contribution < 1.29 is 4.79 Å². The maximum Gasteiger partial charge on any atom is 0.222 e. The van der Waals surface area contributed by atoms with Crippen molar-refractivity contribution in [3.05, 3.63) is 33.8 Å². The van der Waals surface area contributed by atoms with E-state index in [0.717, 1.165) is 12.1 Å². The molecule has 24 heavy (non-hydrogen) atoms. The van der Waals surface area contributed by atoms with Gasteiger partial charge in [0.15, 0.2) is 5.96 Å². The topological polar surface area (TPSA) is 65.5 Å². The molecular formula is C16H25Cl2IN4O. The maximum atomic E-state index is 11.5. The molecule has 0 heterocycles. The monoisotopic (exact) mass is 486 g/mol. The van der Waals surface area contributed by atoms with Gasteiger partial charge in [0.1, 0.15) is 0 Å². The van der Waals surface area contributed by atoms with E-state index < -0.39 is 0 Å². The molecule has 0 spiro atoms. The fourth-order valence-electron chi connectivity index (χ4n) is 1.73. The Morgan fingerprint density at radius 3 is 2.42 bits per heavy atom. The van der Waals surface area contributed by atoms with Crippen LogP contribution in [0.25, 0.3) is 0 Å². The number of halogens is 3. The van der Waals surface area contributed by atoms with Crippen LogP contribution in [0.15, 0.2) is 23.2 Å². The lowest BCUT2D eigenvalue weighted by Crippen LogP contribution is -2.42. The number of amides is 1. The van der Waals surface area contributed by atoms with Gasteiger partial charge < -0.3 is 16.0 Å². The number of nitrogens with one attached hydrogen (secondary N) is 3. The zero-order valence-electron chi connectivity index (χ0n) is 14.2. The summed E-state index contributed by atoms with van der Waals surface area (Å²) in [6.45, 7) is 8.06. The zero-order valence-corrected chi connectivity index (χ0v) is 18.0. The van der Waals surface area contributed by atoms with Crippen LogP contribution in [0.2, 0.25) is 10.0 Å². The summed E-state index contributed by atoms with van der Waals surface area (Å²) in [6.07, 6.45) is 0. The predicted octanol–water partition coefficient (Wildman–Crippen LogP) is 3.44. The van der Waals surface area contributed by atoms with Gasteiger partial charge in [-0.15, -0.1) is 24.0 Å². The minimum atomic E-state index is -0.0102.